The zero-order valence-corrected chi connectivity index (χ0v) is 18.8. The quantitative estimate of drug-likeness (QED) is 0.314. The van der Waals surface area contributed by atoms with Gasteiger partial charge in [-0.05, 0) is 35.1 Å². The average Bonchev–Trinajstić information content (AvgIpc) is 3.11. The van der Waals surface area contributed by atoms with Crippen molar-refractivity contribution in [3.8, 4) is 0 Å². The first-order chi connectivity index (χ1) is 16.1. The number of carbonyl (C=O) groups excluding carboxylic acids is 1. The van der Waals surface area contributed by atoms with Crippen molar-refractivity contribution < 1.29 is 9.18 Å². The van der Waals surface area contributed by atoms with Crippen molar-refractivity contribution in [2.45, 2.75) is 25.9 Å². The Bertz CT molecular complexity index is 1180. The van der Waals surface area contributed by atoms with Gasteiger partial charge in [0.15, 0.2) is 0 Å². The van der Waals surface area contributed by atoms with E-state index in [4.69, 9.17) is 0 Å². The van der Waals surface area contributed by atoms with E-state index in [-0.39, 0.29) is 35.5 Å². The number of fused-ring (bicyclic) bond motifs is 1. The summed E-state index contributed by atoms with van der Waals surface area (Å²) in [6.45, 7) is 2.63. The van der Waals surface area contributed by atoms with Gasteiger partial charge in [-0.25, -0.2) is 4.39 Å². The van der Waals surface area contributed by atoms with E-state index in [0.29, 0.717) is 12.1 Å². The molecule has 1 amide bonds. The molecule has 1 aliphatic carbocycles. The van der Waals surface area contributed by atoms with Crippen molar-refractivity contribution in [1.82, 2.24) is 4.90 Å². The molecule has 5 rings (SSSR count). The fraction of sp³-hybridized carbons (Fsp3) is 0.233. The Morgan fingerprint density at radius 2 is 1.64 bits per heavy atom. The Kier molecular flexibility index (Phi) is 5.95. The van der Waals surface area contributed by atoms with Crippen LogP contribution in [0.3, 0.4) is 0 Å². The third kappa shape index (κ3) is 4.28. The third-order valence-corrected chi connectivity index (χ3v) is 6.97. The van der Waals surface area contributed by atoms with E-state index in [2.05, 4.69) is 19.1 Å². The lowest BCUT2D eigenvalue weighted by Crippen LogP contribution is -2.31. The Morgan fingerprint density at radius 3 is 2.36 bits per heavy atom. The molecule has 2 nitrogen and oxygen atoms in total. The summed E-state index contributed by atoms with van der Waals surface area (Å²) in [5.74, 6) is 0.0318. The minimum absolute atomic E-state index is 0.00910. The zero-order valence-electron chi connectivity index (χ0n) is 18.8. The van der Waals surface area contributed by atoms with Crippen molar-refractivity contribution in [3.05, 3.63) is 119 Å². The summed E-state index contributed by atoms with van der Waals surface area (Å²) in [5, 5.41) is 0. The zero-order chi connectivity index (χ0) is 22.8. The first kappa shape index (κ1) is 21.4. The standard InChI is InChI=1S/C30H28FNO/c1-21-9-8-14-26-28(21)30(33)32(20-24-12-6-3-7-13-24)29(26)25-18-17-23(19-27(25)31)16-15-22-10-4-2-5-11-22/h2-8,10-19,21,26,28-29H,9,20H2,1H3/b16-15+. The molecule has 3 aromatic carbocycles. The summed E-state index contributed by atoms with van der Waals surface area (Å²) >= 11 is 0. The van der Waals surface area contributed by atoms with Gasteiger partial charge >= 0.3 is 0 Å². The van der Waals surface area contributed by atoms with Gasteiger partial charge in [0, 0.05) is 23.9 Å². The Hall–Kier alpha value is -3.46. The summed E-state index contributed by atoms with van der Waals surface area (Å²) in [7, 11) is 0. The molecule has 0 bridgehead atoms. The predicted octanol–water partition coefficient (Wildman–Crippen LogP) is 6.91. The van der Waals surface area contributed by atoms with Crippen LogP contribution in [0.15, 0.2) is 91.0 Å². The van der Waals surface area contributed by atoms with E-state index in [1.165, 1.54) is 0 Å². The Balaban J connectivity index is 1.49. The van der Waals surface area contributed by atoms with Crippen LogP contribution in [-0.2, 0) is 11.3 Å². The molecule has 1 aliphatic heterocycles. The molecule has 166 valence electrons. The summed E-state index contributed by atoms with van der Waals surface area (Å²) < 4.78 is 15.5. The first-order valence-corrected chi connectivity index (χ1v) is 11.7. The molecule has 3 heteroatoms. The van der Waals surface area contributed by atoms with Crippen LogP contribution >= 0.6 is 0 Å². The highest BCUT2D eigenvalue weighted by Gasteiger charge is 2.50. The van der Waals surface area contributed by atoms with E-state index in [1.807, 2.05) is 89.8 Å². The summed E-state index contributed by atoms with van der Waals surface area (Å²) in [6.07, 6.45) is 9.10. The number of allylic oxidation sites excluding steroid dienone is 1. The molecule has 0 aromatic heterocycles. The molecule has 0 saturated carbocycles. The number of rotatable bonds is 5. The molecule has 4 unspecified atom stereocenters. The number of hydrogen-bond acceptors (Lipinski definition) is 1. The Labute approximate surface area is 195 Å². The van der Waals surface area contributed by atoms with Gasteiger partial charge in [0.05, 0.1) is 6.04 Å². The van der Waals surface area contributed by atoms with Crippen molar-refractivity contribution in [1.29, 1.82) is 0 Å². The summed E-state index contributed by atoms with van der Waals surface area (Å²) in [6, 6.07) is 25.1. The van der Waals surface area contributed by atoms with Crippen molar-refractivity contribution in [2.75, 3.05) is 0 Å². The molecule has 33 heavy (non-hydrogen) atoms. The van der Waals surface area contributed by atoms with Crippen LogP contribution in [0, 0.1) is 23.6 Å². The maximum absolute atomic E-state index is 15.5. The first-order valence-electron chi connectivity index (χ1n) is 11.7. The summed E-state index contributed by atoms with van der Waals surface area (Å²) in [5.41, 5.74) is 3.54. The minimum atomic E-state index is -0.297. The van der Waals surface area contributed by atoms with E-state index < -0.39 is 0 Å². The lowest BCUT2D eigenvalue weighted by molar-refractivity contribution is -0.134. The van der Waals surface area contributed by atoms with Crippen molar-refractivity contribution in [2.24, 2.45) is 17.8 Å². The fourth-order valence-corrected chi connectivity index (χ4v) is 5.32. The van der Waals surface area contributed by atoms with Gasteiger partial charge < -0.3 is 4.90 Å². The number of likely N-dealkylation sites (tertiary alicyclic amines) is 1. The molecule has 3 aromatic rings. The number of carbonyl (C=O) groups is 1. The second-order valence-electron chi connectivity index (χ2n) is 9.17. The number of nitrogens with zero attached hydrogens (tertiary/aromatic N) is 1. The Morgan fingerprint density at radius 1 is 0.939 bits per heavy atom. The molecular formula is C30H28FNO. The normalized spacial score (nSPS) is 24.4. The van der Waals surface area contributed by atoms with Crippen LogP contribution in [0.2, 0.25) is 0 Å². The monoisotopic (exact) mass is 437 g/mol. The number of amides is 1. The van der Waals surface area contributed by atoms with Crippen LogP contribution in [0.1, 0.15) is 41.6 Å². The van der Waals surface area contributed by atoms with Crippen molar-refractivity contribution >= 4 is 18.1 Å². The van der Waals surface area contributed by atoms with Gasteiger partial charge in [-0.2, -0.15) is 0 Å². The molecule has 2 aliphatic rings. The van der Waals surface area contributed by atoms with Crippen molar-refractivity contribution in [3.63, 3.8) is 0 Å². The van der Waals surface area contributed by atoms with Gasteiger partial charge in [0.1, 0.15) is 5.82 Å². The largest absolute Gasteiger partial charge is 0.330 e. The van der Waals surface area contributed by atoms with Gasteiger partial charge in [-0.3, -0.25) is 4.79 Å². The smallest absolute Gasteiger partial charge is 0.227 e. The molecule has 0 spiro atoms. The van der Waals surface area contributed by atoms with Crippen LogP contribution in [0.25, 0.3) is 12.2 Å². The molecule has 0 radical (unpaired) electrons. The van der Waals surface area contributed by atoms with Gasteiger partial charge in [-0.15, -0.1) is 0 Å². The van der Waals surface area contributed by atoms with E-state index in [0.717, 1.165) is 23.1 Å². The maximum atomic E-state index is 15.5. The number of halogens is 1. The lowest BCUT2D eigenvalue weighted by Gasteiger charge is -2.30. The second-order valence-corrected chi connectivity index (χ2v) is 9.17. The van der Waals surface area contributed by atoms with Crippen LogP contribution in [0.4, 0.5) is 4.39 Å². The van der Waals surface area contributed by atoms with Gasteiger partial charge in [0.25, 0.3) is 0 Å². The predicted molar refractivity (Wildman–Crippen MR) is 131 cm³/mol. The molecule has 1 heterocycles. The SMILES string of the molecule is CC1CC=CC2C1C(=O)N(Cc1ccccc1)C2c1ccc(/C=C/c2ccccc2)cc1F. The highest BCUT2D eigenvalue weighted by Crippen LogP contribution is 2.49. The van der Waals surface area contributed by atoms with E-state index >= 15 is 4.39 Å². The second kappa shape index (κ2) is 9.19. The fourth-order valence-electron chi connectivity index (χ4n) is 5.32. The number of benzene rings is 3. The van der Waals surface area contributed by atoms with E-state index in [9.17, 15) is 4.79 Å². The van der Waals surface area contributed by atoms with Crippen LogP contribution in [-0.4, -0.2) is 10.8 Å². The topological polar surface area (TPSA) is 20.3 Å². The number of hydrogen-bond donors (Lipinski definition) is 0. The lowest BCUT2D eigenvalue weighted by atomic mass is 9.75. The van der Waals surface area contributed by atoms with Crippen LogP contribution < -0.4 is 0 Å². The average molecular weight is 438 g/mol. The van der Waals surface area contributed by atoms with Crippen LogP contribution in [0.5, 0.6) is 0 Å². The molecule has 1 fully saturated rings. The van der Waals surface area contributed by atoms with Gasteiger partial charge in [-0.1, -0.05) is 104 Å². The highest BCUT2D eigenvalue weighted by atomic mass is 19.1. The van der Waals surface area contributed by atoms with Gasteiger partial charge in [0.2, 0.25) is 5.91 Å². The summed E-state index contributed by atoms with van der Waals surface area (Å²) in [4.78, 5) is 15.4. The molecular weight excluding hydrogens is 409 g/mol. The molecule has 0 N–H and O–H groups in total. The molecule has 4 atom stereocenters. The maximum Gasteiger partial charge on any atom is 0.227 e. The van der Waals surface area contributed by atoms with E-state index in [1.54, 1.807) is 6.07 Å². The minimum Gasteiger partial charge on any atom is -0.330 e. The third-order valence-electron chi connectivity index (χ3n) is 6.97. The highest BCUT2D eigenvalue weighted by molar-refractivity contribution is 5.83. The molecule has 1 saturated heterocycles.